The topological polar surface area (TPSA) is 41.5 Å². The van der Waals surface area contributed by atoms with Gasteiger partial charge in [0.1, 0.15) is 5.75 Å². The van der Waals surface area contributed by atoms with Crippen LogP contribution < -0.4 is 10.1 Å². The smallest absolute Gasteiger partial charge is 0.127 e. The summed E-state index contributed by atoms with van der Waals surface area (Å²) in [6, 6.07) is 4.26. The lowest BCUT2D eigenvalue weighted by molar-refractivity contribution is -0.00633. The molecule has 0 bridgehead atoms. The number of nitrogens with one attached hydrogen (secondary N) is 1. The summed E-state index contributed by atoms with van der Waals surface area (Å²) in [7, 11) is 0. The van der Waals surface area contributed by atoms with Crippen molar-refractivity contribution < 1.29 is 9.84 Å². The Balaban J connectivity index is 1.59. The Kier molecular flexibility index (Phi) is 4.57. The van der Waals surface area contributed by atoms with Gasteiger partial charge in [-0.2, -0.15) is 0 Å². The molecule has 1 fully saturated rings. The van der Waals surface area contributed by atoms with Gasteiger partial charge >= 0.3 is 0 Å². The van der Waals surface area contributed by atoms with Crippen molar-refractivity contribution in [3.05, 3.63) is 27.7 Å². The van der Waals surface area contributed by atoms with Crippen LogP contribution in [0.5, 0.6) is 5.75 Å². The Bertz CT molecular complexity index is 510. The first-order chi connectivity index (χ1) is 10.1. The number of rotatable bonds is 4. The lowest BCUT2D eigenvalue weighted by Crippen LogP contribution is -2.43. The molecule has 4 heteroatoms. The van der Waals surface area contributed by atoms with Gasteiger partial charge in [0.25, 0.3) is 0 Å². The molecule has 0 unspecified atom stereocenters. The minimum absolute atomic E-state index is 0.525. The van der Waals surface area contributed by atoms with E-state index in [1.165, 1.54) is 11.1 Å². The molecule has 3 nitrogen and oxygen atoms in total. The van der Waals surface area contributed by atoms with E-state index in [4.69, 9.17) is 4.74 Å². The number of aliphatic hydroxyl groups is 1. The fraction of sp³-hybridized carbons (Fsp3) is 0.647. The third kappa shape index (κ3) is 3.61. The summed E-state index contributed by atoms with van der Waals surface area (Å²) in [4.78, 5) is 0. The minimum atomic E-state index is -0.525. The zero-order valence-electron chi connectivity index (χ0n) is 12.6. The summed E-state index contributed by atoms with van der Waals surface area (Å²) in [6.45, 7) is 4.47. The number of hydrogen-bond acceptors (Lipinski definition) is 3. The first-order valence-corrected chi connectivity index (χ1v) is 8.72. The predicted molar refractivity (Wildman–Crippen MR) is 87.6 cm³/mol. The molecule has 1 heterocycles. The summed E-state index contributed by atoms with van der Waals surface area (Å²) >= 11 is 3.57. The second-order valence-electron chi connectivity index (χ2n) is 6.66. The molecule has 1 aliphatic heterocycles. The maximum atomic E-state index is 10.6. The Morgan fingerprint density at radius 1 is 1.38 bits per heavy atom. The molecule has 21 heavy (non-hydrogen) atoms. The van der Waals surface area contributed by atoms with Crippen molar-refractivity contribution in [3.63, 3.8) is 0 Å². The number of benzene rings is 1. The molecule has 2 N–H and O–H groups in total. The van der Waals surface area contributed by atoms with Crippen molar-refractivity contribution in [3.8, 4) is 5.75 Å². The average Bonchev–Trinajstić information content (AvgIpc) is 2.90. The van der Waals surface area contributed by atoms with E-state index in [1.54, 1.807) is 0 Å². The van der Waals surface area contributed by atoms with Crippen LogP contribution in [-0.2, 0) is 13.0 Å². The highest BCUT2D eigenvalue weighted by Gasteiger charge is 2.31. The quantitative estimate of drug-likeness (QED) is 0.871. The lowest BCUT2D eigenvalue weighted by atomic mass is 9.79. The summed E-state index contributed by atoms with van der Waals surface area (Å²) in [5.74, 6) is 1.79. The Morgan fingerprint density at radius 3 is 2.90 bits per heavy atom. The van der Waals surface area contributed by atoms with E-state index in [2.05, 4.69) is 40.3 Å². The number of ether oxygens (including phenoxy) is 1. The molecule has 0 radical (unpaired) electrons. The van der Waals surface area contributed by atoms with E-state index in [-0.39, 0.29) is 0 Å². The molecule has 1 aromatic rings. The monoisotopic (exact) mass is 353 g/mol. The Labute approximate surface area is 135 Å². The van der Waals surface area contributed by atoms with Crippen molar-refractivity contribution in [2.45, 2.75) is 51.2 Å². The predicted octanol–water partition coefficient (Wildman–Crippen LogP) is 3.41. The van der Waals surface area contributed by atoms with Gasteiger partial charge in [-0.15, -0.1) is 0 Å². The van der Waals surface area contributed by atoms with E-state index < -0.39 is 5.60 Å². The molecule has 2 aliphatic rings. The van der Waals surface area contributed by atoms with E-state index >= 15 is 0 Å². The summed E-state index contributed by atoms with van der Waals surface area (Å²) in [5, 5.41) is 14.0. The highest BCUT2D eigenvalue weighted by molar-refractivity contribution is 9.10. The van der Waals surface area contributed by atoms with Crippen molar-refractivity contribution in [1.82, 2.24) is 5.32 Å². The second kappa shape index (κ2) is 6.27. The van der Waals surface area contributed by atoms with E-state index in [9.17, 15) is 5.11 Å². The number of halogens is 1. The molecule has 1 saturated carbocycles. The largest absolute Gasteiger partial charge is 0.493 e. The van der Waals surface area contributed by atoms with Gasteiger partial charge in [0.05, 0.1) is 12.2 Å². The van der Waals surface area contributed by atoms with Crippen LogP contribution in [0.15, 0.2) is 16.6 Å². The first-order valence-electron chi connectivity index (χ1n) is 7.93. The lowest BCUT2D eigenvalue weighted by Gasteiger charge is -2.35. The molecule has 0 aromatic heterocycles. The minimum Gasteiger partial charge on any atom is -0.493 e. The van der Waals surface area contributed by atoms with Crippen LogP contribution in [0.3, 0.4) is 0 Å². The molecule has 0 saturated heterocycles. The van der Waals surface area contributed by atoms with Crippen LogP contribution in [0.2, 0.25) is 0 Å². The van der Waals surface area contributed by atoms with Crippen molar-refractivity contribution in [2.24, 2.45) is 5.92 Å². The van der Waals surface area contributed by atoms with Crippen LogP contribution in [0, 0.1) is 5.92 Å². The van der Waals surface area contributed by atoms with Gasteiger partial charge in [-0.3, -0.25) is 0 Å². The number of hydrogen-bond donors (Lipinski definition) is 2. The van der Waals surface area contributed by atoms with Gasteiger partial charge < -0.3 is 15.2 Å². The molecular formula is C17H24BrNO2. The van der Waals surface area contributed by atoms with E-state index in [1.807, 2.05) is 0 Å². The fourth-order valence-corrected chi connectivity index (χ4v) is 3.94. The molecule has 116 valence electrons. The van der Waals surface area contributed by atoms with Gasteiger partial charge in [-0.05, 0) is 49.3 Å². The van der Waals surface area contributed by atoms with E-state index in [0.717, 1.165) is 61.4 Å². The summed E-state index contributed by atoms with van der Waals surface area (Å²) < 4.78 is 6.85. The normalized spacial score (nSPS) is 28.2. The molecule has 0 spiro atoms. The molecule has 0 amide bonds. The van der Waals surface area contributed by atoms with Crippen LogP contribution >= 0.6 is 15.9 Å². The number of fused-ring (bicyclic) bond motifs is 1. The van der Waals surface area contributed by atoms with Gasteiger partial charge in [0.15, 0.2) is 0 Å². The zero-order chi connectivity index (χ0) is 14.9. The molecule has 3 rings (SSSR count). The third-order valence-corrected chi connectivity index (χ3v) is 5.26. The third-order valence-electron chi connectivity index (χ3n) is 4.80. The Hall–Kier alpha value is -0.580. The SMILES string of the molecule is CC1CCC(O)(CNCc2cc(Br)cc3c2OCC3)CC1. The van der Waals surface area contributed by atoms with Gasteiger partial charge in [0, 0.05) is 29.5 Å². The van der Waals surface area contributed by atoms with Crippen LogP contribution in [0.4, 0.5) is 0 Å². The standard InChI is InChI=1S/C17H24BrNO2/c1-12-2-5-17(20,6-3-12)11-19-10-14-9-15(18)8-13-4-7-21-16(13)14/h8-9,12,19-20H,2-7,10-11H2,1H3. The van der Waals surface area contributed by atoms with Crippen LogP contribution in [0.25, 0.3) is 0 Å². The Morgan fingerprint density at radius 2 is 2.14 bits per heavy atom. The molecule has 0 atom stereocenters. The molecule has 1 aromatic carbocycles. The maximum absolute atomic E-state index is 10.6. The summed E-state index contributed by atoms with van der Waals surface area (Å²) in [6.07, 6.45) is 5.08. The van der Waals surface area contributed by atoms with Crippen molar-refractivity contribution >= 4 is 15.9 Å². The van der Waals surface area contributed by atoms with E-state index in [0.29, 0.717) is 6.54 Å². The first kappa shape index (κ1) is 15.3. The second-order valence-corrected chi connectivity index (χ2v) is 7.58. The molecule has 1 aliphatic carbocycles. The average molecular weight is 354 g/mol. The fourth-order valence-electron chi connectivity index (χ4n) is 3.38. The van der Waals surface area contributed by atoms with Crippen molar-refractivity contribution in [1.29, 1.82) is 0 Å². The van der Waals surface area contributed by atoms with Gasteiger partial charge in [0.2, 0.25) is 0 Å². The zero-order valence-corrected chi connectivity index (χ0v) is 14.2. The molecular weight excluding hydrogens is 330 g/mol. The van der Waals surface area contributed by atoms with Crippen LogP contribution in [0.1, 0.15) is 43.7 Å². The maximum Gasteiger partial charge on any atom is 0.127 e. The van der Waals surface area contributed by atoms with Crippen LogP contribution in [-0.4, -0.2) is 23.9 Å². The summed E-state index contributed by atoms with van der Waals surface area (Å²) in [5.41, 5.74) is 1.94. The van der Waals surface area contributed by atoms with Crippen molar-refractivity contribution in [2.75, 3.05) is 13.2 Å². The highest BCUT2D eigenvalue weighted by Crippen LogP contribution is 2.34. The van der Waals surface area contributed by atoms with Gasteiger partial charge in [-0.25, -0.2) is 0 Å². The van der Waals surface area contributed by atoms with Gasteiger partial charge in [-0.1, -0.05) is 22.9 Å². The highest BCUT2D eigenvalue weighted by atomic mass is 79.9.